The molecule has 0 saturated heterocycles. The number of carbonyl (C=O) groups excluding carboxylic acids is 2. The lowest BCUT2D eigenvalue weighted by molar-refractivity contribution is -0.384. The summed E-state index contributed by atoms with van der Waals surface area (Å²) in [5.41, 5.74) is 4.65. The number of nitrogens with zero attached hydrogens (tertiary/aromatic N) is 2. The van der Waals surface area contributed by atoms with Crippen LogP contribution in [0.4, 0.5) is 5.69 Å². The molecule has 0 bridgehead atoms. The van der Waals surface area contributed by atoms with Crippen LogP contribution < -0.4 is 10.2 Å². The average Bonchev–Trinajstić information content (AvgIpc) is 2.74. The van der Waals surface area contributed by atoms with E-state index >= 15 is 0 Å². The number of rotatable bonds is 6. The standard InChI is InChI=1S/C22H17N3O5/c1-15-5-7-17(8-6-15)21(26)24-23-14-16-3-2-4-20(13-16)30-22(27)18-9-11-19(12-10-18)25(28)29/h2-14H,1H3,(H,24,26)/b23-14+. The Morgan fingerprint density at radius 1 is 1.00 bits per heavy atom. The van der Waals surface area contributed by atoms with Crippen molar-refractivity contribution in [1.82, 2.24) is 5.43 Å². The molecule has 0 atom stereocenters. The number of hydrogen-bond donors (Lipinski definition) is 1. The summed E-state index contributed by atoms with van der Waals surface area (Å²) in [4.78, 5) is 34.4. The van der Waals surface area contributed by atoms with Gasteiger partial charge < -0.3 is 4.74 Å². The topological polar surface area (TPSA) is 111 Å². The van der Waals surface area contributed by atoms with Gasteiger partial charge in [0.2, 0.25) is 0 Å². The number of aryl methyl sites for hydroxylation is 1. The second-order valence-corrected chi connectivity index (χ2v) is 6.33. The molecule has 1 amide bonds. The molecule has 0 heterocycles. The summed E-state index contributed by atoms with van der Waals surface area (Å²) in [5, 5.41) is 14.6. The molecule has 0 fully saturated rings. The summed E-state index contributed by atoms with van der Waals surface area (Å²) in [7, 11) is 0. The molecule has 1 N–H and O–H groups in total. The molecule has 3 rings (SSSR count). The number of ether oxygens (including phenoxy) is 1. The van der Waals surface area contributed by atoms with Crippen molar-refractivity contribution in [2.45, 2.75) is 6.92 Å². The van der Waals surface area contributed by atoms with E-state index < -0.39 is 10.9 Å². The van der Waals surface area contributed by atoms with Gasteiger partial charge >= 0.3 is 5.97 Å². The van der Waals surface area contributed by atoms with Gasteiger partial charge in [-0.2, -0.15) is 5.10 Å². The third-order valence-electron chi connectivity index (χ3n) is 4.08. The van der Waals surface area contributed by atoms with E-state index in [1.807, 2.05) is 19.1 Å². The minimum Gasteiger partial charge on any atom is -0.423 e. The lowest BCUT2D eigenvalue weighted by Crippen LogP contribution is -2.17. The van der Waals surface area contributed by atoms with Crippen LogP contribution in [0.25, 0.3) is 0 Å². The molecule has 150 valence electrons. The number of nitro groups is 1. The van der Waals surface area contributed by atoms with Gasteiger partial charge in [-0.25, -0.2) is 10.2 Å². The molecule has 3 aromatic carbocycles. The first-order chi connectivity index (χ1) is 14.4. The Morgan fingerprint density at radius 2 is 1.67 bits per heavy atom. The third-order valence-corrected chi connectivity index (χ3v) is 4.08. The fourth-order valence-corrected chi connectivity index (χ4v) is 2.48. The minimum atomic E-state index is -0.647. The van der Waals surface area contributed by atoms with E-state index in [4.69, 9.17) is 4.74 Å². The van der Waals surface area contributed by atoms with Gasteiger partial charge in [0.15, 0.2) is 0 Å². The number of non-ortho nitro benzene ring substituents is 1. The number of hydrogen-bond acceptors (Lipinski definition) is 6. The summed E-state index contributed by atoms with van der Waals surface area (Å²) in [6.45, 7) is 1.93. The number of benzene rings is 3. The van der Waals surface area contributed by atoms with Gasteiger partial charge in [0.25, 0.3) is 11.6 Å². The van der Waals surface area contributed by atoms with Crippen molar-refractivity contribution >= 4 is 23.8 Å². The monoisotopic (exact) mass is 403 g/mol. The zero-order chi connectivity index (χ0) is 21.5. The first-order valence-electron chi connectivity index (χ1n) is 8.89. The lowest BCUT2D eigenvalue weighted by Gasteiger charge is -2.05. The van der Waals surface area contributed by atoms with E-state index in [0.717, 1.165) is 5.56 Å². The molecule has 30 heavy (non-hydrogen) atoms. The van der Waals surface area contributed by atoms with Gasteiger partial charge in [-0.05, 0) is 48.9 Å². The fraction of sp³-hybridized carbons (Fsp3) is 0.0455. The molecule has 0 saturated carbocycles. The lowest BCUT2D eigenvalue weighted by atomic mass is 10.1. The first-order valence-corrected chi connectivity index (χ1v) is 8.89. The summed E-state index contributed by atoms with van der Waals surface area (Å²) in [5.74, 6) is -0.717. The zero-order valence-electron chi connectivity index (χ0n) is 15.9. The van der Waals surface area contributed by atoms with Crippen LogP contribution in [0.5, 0.6) is 5.75 Å². The second kappa shape index (κ2) is 9.24. The Bertz CT molecular complexity index is 1110. The maximum absolute atomic E-state index is 12.2. The summed E-state index contributed by atoms with van der Waals surface area (Å²) < 4.78 is 5.29. The molecule has 8 heteroatoms. The highest BCUT2D eigenvalue weighted by Crippen LogP contribution is 2.16. The van der Waals surface area contributed by atoms with Crippen LogP contribution in [0.2, 0.25) is 0 Å². The Hall–Kier alpha value is -4.33. The Morgan fingerprint density at radius 3 is 2.33 bits per heavy atom. The number of esters is 1. The molecular formula is C22H17N3O5. The number of carbonyl (C=O) groups is 2. The van der Waals surface area contributed by atoms with Crippen molar-refractivity contribution in [2.24, 2.45) is 5.10 Å². The first kappa shape index (κ1) is 20.4. The Kier molecular flexibility index (Phi) is 6.29. The molecule has 0 aliphatic carbocycles. The zero-order valence-corrected chi connectivity index (χ0v) is 15.9. The average molecular weight is 403 g/mol. The van der Waals surface area contributed by atoms with Crippen LogP contribution in [0, 0.1) is 17.0 Å². The van der Waals surface area contributed by atoms with Crippen molar-refractivity contribution in [1.29, 1.82) is 0 Å². The van der Waals surface area contributed by atoms with Crippen LogP contribution in [-0.4, -0.2) is 23.0 Å². The predicted octanol–water partition coefficient (Wildman–Crippen LogP) is 3.89. The number of amides is 1. The molecule has 0 aliphatic rings. The maximum atomic E-state index is 12.2. The number of nitrogens with one attached hydrogen (secondary N) is 1. The van der Waals surface area contributed by atoms with E-state index in [0.29, 0.717) is 11.1 Å². The summed E-state index contributed by atoms with van der Waals surface area (Å²) in [6.07, 6.45) is 1.43. The van der Waals surface area contributed by atoms with Gasteiger partial charge in [-0.1, -0.05) is 29.8 Å². The maximum Gasteiger partial charge on any atom is 0.343 e. The van der Waals surface area contributed by atoms with Crippen LogP contribution in [-0.2, 0) is 0 Å². The molecule has 0 unspecified atom stereocenters. The summed E-state index contributed by atoms with van der Waals surface area (Å²) in [6, 6.07) is 18.8. The highest BCUT2D eigenvalue weighted by atomic mass is 16.6. The van der Waals surface area contributed by atoms with Crippen LogP contribution in [0.15, 0.2) is 77.9 Å². The third kappa shape index (κ3) is 5.35. The molecule has 8 nitrogen and oxygen atoms in total. The van der Waals surface area contributed by atoms with Crippen molar-refractivity contribution in [2.75, 3.05) is 0 Å². The normalized spacial score (nSPS) is 10.6. The molecule has 0 spiro atoms. The van der Waals surface area contributed by atoms with Crippen molar-refractivity contribution < 1.29 is 19.2 Å². The summed E-state index contributed by atoms with van der Waals surface area (Å²) >= 11 is 0. The van der Waals surface area contributed by atoms with Crippen molar-refractivity contribution in [3.05, 3.63) is 105 Å². The number of nitro benzene ring substituents is 1. The second-order valence-electron chi connectivity index (χ2n) is 6.33. The van der Waals surface area contributed by atoms with Crippen molar-refractivity contribution in [3.63, 3.8) is 0 Å². The van der Waals surface area contributed by atoms with E-state index in [1.54, 1.807) is 36.4 Å². The number of hydrazone groups is 1. The van der Waals surface area contributed by atoms with E-state index in [1.165, 1.54) is 30.5 Å². The van der Waals surface area contributed by atoms with Crippen molar-refractivity contribution in [3.8, 4) is 5.75 Å². The highest BCUT2D eigenvalue weighted by Gasteiger charge is 2.11. The van der Waals surface area contributed by atoms with Gasteiger partial charge in [0.1, 0.15) is 5.75 Å². The van der Waals surface area contributed by atoms with Crippen LogP contribution in [0.1, 0.15) is 31.8 Å². The highest BCUT2D eigenvalue weighted by molar-refractivity contribution is 5.95. The SMILES string of the molecule is Cc1ccc(C(=O)N/N=C/c2cccc(OC(=O)c3ccc([N+](=O)[O-])cc3)c2)cc1. The van der Waals surface area contributed by atoms with Crippen LogP contribution in [0.3, 0.4) is 0 Å². The molecule has 0 aliphatic heterocycles. The molecule has 3 aromatic rings. The quantitative estimate of drug-likeness (QED) is 0.221. The van der Waals surface area contributed by atoms with Gasteiger partial charge in [0.05, 0.1) is 16.7 Å². The van der Waals surface area contributed by atoms with E-state index in [-0.39, 0.29) is 22.9 Å². The molecule has 0 radical (unpaired) electrons. The predicted molar refractivity (Wildman–Crippen MR) is 111 cm³/mol. The Labute approximate surface area is 172 Å². The Balaban J connectivity index is 1.61. The fourth-order valence-electron chi connectivity index (χ4n) is 2.48. The molecule has 0 aromatic heterocycles. The van der Waals surface area contributed by atoms with Crippen LogP contribution >= 0.6 is 0 Å². The van der Waals surface area contributed by atoms with E-state index in [2.05, 4.69) is 10.5 Å². The van der Waals surface area contributed by atoms with Gasteiger partial charge in [0, 0.05) is 17.7 Å². The van der Waals surface area contributed by atoms with E-state index in [9.17, 15) is 19.7 Å². The van der Waals surface area contributed by atoms with Gasteiger partial charge in [-0.3, -0.25) is 14.9 Å². The minimum absolute atomic E-state index is 0.113. The van der Waals surface area contributed by atoms with Gasteiger partial charge in [-0.15, -0.1) is 0 Å². The molecular weight excluding hydrogens is 386 g/mol. The largest absolute Gasteiger partial charge is 0.423 e. The smallest absolute Gasteiger partial charge is 0.343 e.